The molecule has 0 aliphatic carbocycles. The minimum atomic E-state index is -0.492. The van der Waals surface area contributed by atoms with E-state index >= 15 is 0 Å². The summed E-state index contributed by atoms with van der Waals surface area (Å²) in [4.78, 5) is 9.99. The van der Waals surface area contributed by atoms with Crippen LogP contribution in [0, 0.1) is 17.7 Å². The van der Waals surface area contributed by atoms with Crippen LogP contribution in [0.4, 0.5) is 10.1 Å². The maximum Gasteiger partial charge on any atom is 0.167 e. The second-order valence-electron chi connectivity index (χ2n) is 6.81. The van der Waals surface area contributed by atoms with Crippen LogP contribution in [0.3, 0.4) is 0 Å². The average molecular weight is 396 g/mol. The van der Waals surface area contributed by atoms with E-state index in [2.05, 4.69) is 33.7 Å². The highest BCUT2D eigenvalue weighted by molar-refractivity contribution is 7.19. The molecule has 1 fully saturated rings. The highest BCUT2D eigenvalue weighted by Gasteiger charge is 2.13. The Bertz CT molecular complexity index is 1050. The second-order valence-corrected chi connectivity index (χ2v) is 7.86. The number of nitrogen functional groups attached to an aromatic ring is 1. The molecular weight excluding hydrogens is 375 g/mol. The second kappa shape index (κ2) is 8.15. The molecule has 0 saturated carbocycles. The van der Waals surface area contributed by atoms with Crippen molar-refractivity contribution in [2.24, 2.45) is 0 Å². The molecule has 0 spiro atoms. The summed E-state index contributed by atoms with van der Waals surface area (Å²) in [6.45, 7) is 5.01. The lowest BCUT2D eigenvalue weighted by Crippen LogP contribution is -2.44. The molecule has 2 N–H and O–H groups in total. The number of hydrogen-bond donors (Lipinski definition) is 1. The van der Waals surface area contributed by atoms with E-state index in [9.17, 15) is 4.39 Å². The van der Waals surface area contributed by atoms with Crippen molar-refractivity contribution < 1.29 is 9.13 Å². The Morgan fingerprint density at radius 1 is 1.18 bits per heavy atom. The molecule has 0 radical (unpaired) electrons. The summed E-state index contributed by atoms with van der Waals surface area (Å²) in [6.07, 6.45) is 1.65. The largest absolute Gasteiger partial charge is 0.453 e. The van der Waals surface area contributed by atoms with E-state index in [1.165, 1.54) is 23.5 Å². The Hall–Kier alpha value is -2.66. The van der Waals surface area contributed by atoms with Crippen LogP contribution in [-0.4, -0.2) is 54.6 Å². The Morgan fingerprint density at radius 2 is 2.00 bits per heavy atom. The fourth-order valence-electron chi connectivity index (χ4n) is 3.02. The number of likely N-dealkylation sites (N-methyl/N-ethyl adjacent to an activating group) is 1. The van der Waals surface area contributed by atoms with Gasteiger partial charge in [-0.2, -0.15) is 0 Å². The zero-order valence-corrected chi connectivity index (χ0v) is 16.4. The van der Waals surface area contributed by atoms with Gasteiger partial charge in [0.05, 0.1) is 21.6 Å². The highest BCUT2D eigenvalue weighted by atomic mass is 32.1. The summed E-state index contributed by atoms with van der Waals surface area (Å²) in [6, 6.07) is 8.07. The van der Waals surface area contributed by atoms with Gasteiger partial charge in [0.15, 0.2) is 11.6 Å². The molecule has 1 aromatic carbocycles. The zero-order valence-electron chi connectivity index (χ0n) is 15.6. The predicted octanol–water partition coefficient (Wildman–Crippen LogP) is 3.41. The predicted molar refractivity (Wildman–Crippen MR) is 111 cm³/mol. The Kier molecular flexibility index (Phi) is 5.44. The lowest BCUT2D eigenvalue weighted by Gasteiger charge is -2.30. The van der Waals surface area contributed by atoms with Crippen LogP contribution < -0.4 is 10.5 Å². The number of rotatable bonds is 3. The monoisotopic (exact) mass is 396 g/mol. The average Bonchev–Trinajstić information content (AvgIpc) is 3.09. The van der Waals surface area contributed by atoms with Crippen molar-refractivity contribution in [3.63, 3.8) is 0 Å². The van der Waals surface area contributed by atoms with Crippen LogP contribution in [0.1, 0.15) is 4.88 Å². The molecule has 0 bridgehead atoms. The number of pyridine rings is 1. The smallest absolute Gasteiger partial charge is 0.167 e. The van der Waals surface area contributed by atoms with Gasteiger partial charge in [-0.15, -0.1) is 11.3 Å². The molecule has 3 aromatic rings. The molecule has 0 atom stereocenters. The third-order valence-electron chi connectivity index (χ3n) is 4.66. The van der Waals surface area contributed by atoms with Gasteiger partial charge in [0, 0.05) is 50.2 Å². The number of piperazine rings is 1. The topological polar surface area (TPSA) is 54.6 Å². The van der Waals surface area contributed by atoms with Gasteiger partial charge >= 0.3 is 0 Å². The molecule has 1 aliphatic rings. The maximum atomic E-state index is 14.1. The summed E-state index contributed by atoms with van der Waals surface area (Å²) in [7, 11) is 2.14. The highest BCUT2D eigenvalue weighted by Crippen LogP contribution is 2.35. The zero-order chi connectivity index (χ0) is 19.5. The number of benzene rings is 1. The van der Waals surface area contributed by atoms with Crippen LogP contribution in [0.2, 0.25) is 0 Å². The van der Waals surface area contributed by atoms with Gasteiger partial charge in [0.2, 0.25) is 0 Å². The van der Waals surface area contributed by atoms with Gasteiger partial charge in [0.1, 0.15) is 5.75 Å². The van der Waals surface area contributed by atoms with E-state index in [1.54, 1.807) is 18.3 Å². The van der Waals surface area contributed by atoms with Crippen molar-refractivity contribution in [2.75, 3.05) is 45.5 Å². The van der Waals surface area contributed by atoms with Gasteiger partial charge < -0.3 is 15.4 Å². The van der Waals surface area contributed by atoms with Crippen molar-refractivity contribution in [2.45, 2.75) is 0 Å². The Morgan fingerprint density at radius 3 is 2.79 bits per heavy atom. The lowest BCUT2D eigenvalue weighted by molar-refractivity contribution is 0.168. The van der Waals surface area contributed by atoms with E-state index in [0.717, 1.165) is 47.8 Å². The minimum Gasteiger partial charge on any atom is -0.453 e. The first-order chi connectivity index (χ1) is 13.6. The van der Waals surface area contributed by atoms with Gasteiger partial charge in [-0.05, 0) is 25.2 Å². The van der Waals surface area contributed by atoms with Crippen LogP contribution in [0.25, 0.3) is 10.2 Å². The molecule has 0 amide bonds. The first kappa shape index (κ1) is 18.7. The van der Waals surface area contributed by atoms with Gasteiger partial charge in [-0.25, -0.2) is 4.39 Å². The van der Waals surface area contributed by atoms with E-state index in [-0.39, 0.29) is 5.75 Å². The molecular formula is C21H21FN4OS. The molecule has 7 heteroatoms. The molecule has 0 unspecified atom stereocenters. The first-order valence-corrected chi connectivity index (χ1v) is 9.91. The van der Waals surface area contributed by atoms with Gasteiger partial charge in [-0.1, -0.05) is 11.8 Å². The number of nitrogens with zero attached hydrogens (tertiary/aromatic N) is 3. The number of ether oxygens (including phenoxy) is 1. The molecule has 3 heterocycles. The fraction of sp³-hybridized carbons (Fsp3) is 0.286. The van der Waals surface area contributed by atoms with Crippen molar-refractivity contribution in [3.8, 4) is 23.3 Å². The summed E-state index contributed by atoms with van der Waals surface area (Å²) in [5, 5.41) is 0. The normalized spacial score (nSPS) is 15.4. The molecule has 144 valence electrons. The number of aromatic nitrogens is 1. The van der Waals surface area contributed by atoms with Crippen LogP contribution in [0.5, 0.6) is 11.5 Å². The quantitative estimate of drug-likeness (QED) is 0.543. The molecule has 1 saturated heterocycles. The first-order valence-electron chi connectivity index (χ1n) is 9.10. The van der Waals surface area contributed by atoms with Crippen LogP contribution in [0.15, 0.2) is 36.5 Å². The summed E-state index contributed by atoms with van der Waals surface area (Å²) in [5.74, 6) is 6.69. The number of fused-ring (bicyclic) bond motifs is 1. The van der Waals surface area contributed by atoms with Gasteiger partial charge in [0.25, 0.3) is 0 Å². The molecule has 5 nitrogen and oxygen atoms in total. The van der Waals surface area contributed by atoms with E-state index in [1.807, 2.05) is 6.07 Å². The molecule has 4 rings (SSSR count). The number of nitrogens with two attached hydrogens (primary N) is 1. The van der Waals surface area contributed by atoms with Crippen molar-refractivity contribution in [1.82, 2.24) is 14.8 Å². The lowest BCUT2D eigenvalue weighted by atomic mass is 10.3. The van der Waals surface area contributed by atoms with Crippen LogP contribution >= 0.6 is 11.3 Å². The van der Waals surface area contributed by atoms with E-state index in [0.29, 0.717) is 11.4 Å². The van der Waals surface area contributed by atoms with Crippen molar-refractivity contribution in [1.29, 1.82) is 0 Å². The third kappa shape index (κ3) is 4.25. The molecule has 1 aliphatic heterocycles. The summed E-state index contributed by atoms with van der Waals surface area (Å²) >= 11 is 1.50. The molecule has 28 heavy (non-hydrogen) atoms. The number of thiophene rings is 1. The fourth-order valence-corrected chi connectivity index (χ4v) is 3.96. The SMILES string of the molecule is CN1CCN(CC#Cc2cc3nccc(Oc4ccc(N)cc4F)c3s2)CC1. The van der Waals surface area contributed by atoms with Crippen LogP contribution in [-0.2, 0) is 0 Å². The number of halogens is 1. The minimum absolute atomic E-state index is 0.137. The maximum absolute atomic E-state index is 14.1. The van der Waals surface area contributed by atoms with E-state index < -0.39 is 5.82 Å². The number of anilines is 1. The standard InChI is InChI=1S/C21H21FN4OS/c1-25-9-11-26(12-10-25)8-2-3-16-14-18-21(28-16)20(6-7-24-18)27-19-5-4-15(23)13-17(19)22/h4-7,13-14H,8-12,23H2,1H3. The third-order valence-corrected chi connectivity index (χ3v) is 5.72. The van der Waals surface area contributed by atoms with Crippen molar-refractivity contribution >= 4 is 27.2 Å². The Labute approximate surface area is 167 Å². The Balaban J connectivity index is 1.52. The van der Waals surface area contributed by atoms with E-state index in [4.69, 9.17) is 10.5 Å². The van der Waals surface area contributed by atoms with Crippen molar-refractivity contribution in [3.05, 3.63) is 47.2 Å². The molecule has 2 aromatic heterocycles. The summed E-state index contributed by atoms with van der Waals surface area (Å²) < 4.78 is 20.7. The number of hydrogen-bond acceptors (Lipinski definition) is 6. The van der Waals surface area contributed by atoms with Gasteiger partial charge in [-0.3, -0.25) is 9.88 Å². The summed E-state index contributed by atoms with van der Waals surface area (Å²) in [5.41, 5.74) is 6.75.